The minimum atomic E-state index is -0.682. The van der Waals surface area contributed by atoms with E-state index in [1.54, 1.807) is 0 Å². The molecule has 4 heteroatoms. The van der Waals surface area contributed by atoms with Gasteiger partial charge in [0.1, 0.15) is 0 Å². The van der Waals surface area contributed by atoms with Crippen molar-refractivity contribution in [2.45, 2.75) is 111 Å². The quantitative estimate of drug-likeness (QED) is 0.443. The van der Waals surface area contributed by atoms with E-state index in [1.807, 2.05) is 0 Å². The molecule has 0 aliphatic heterocycles. The fourth-order valence-corrected chi connectivity index (χ4v) is 9.43. The topological polar surface area (TPSA) is 80.9 Å². The van der Waals surface area contributed by atoms with Crippen LogP contribution in [-0.4, -0.2) is 44.8 Å². The molecule has 4 aliphatic carbocycles. The first kappa shape index (κ1) is 25.7. The van der Waals surface area contributed by atoms with Crippen LogP contribution in [0.5, 0.6) is 0 Å². The van der Waals surface area contributed by atoms with Crippen LogP contribution in [-0.2, 0) is 0 Å². The van der Waals surface area contributed by atoms with Crippen LogP contribution >= 0.6 is 0 Å². The predicted octanol–water partition coefficient (Wildman–Crippen LogP) is 4.79. The third-order valence-corrected chi connectivity index (χ3v) is 11.8. The second kappa shape index (κ2) is 8.91. The molecular formula is C29H50O4. The maximum Gasteiger partial charge on any atom is 0.0830 e. The molecule has 0 radical (unpaired) electrons. The van der Waals surface area contributed by atoms with Crippen LogP contribution in [0.2, 0.25) is 0 Å². The third-order valence-electron chi connectivity index (χ3n) is 11.8. The van der Waals surface area contributed by atoms with Crippen LogP contribution in [0.3, 0.4) is 0 Å². The SMILES string of the molecule is C=C1C[C@@H]2[C@H](CC[C@]3(C)[C@@H]([C@H](C)[C@@H](O)[C@H](O)[C@@H](C)C(C)C)CC[C@@H]23)[C@@]2(C)C[C@@H](O)[C@@H](O)C[C@H]12. The van der Waals surface area contributed by atoms with Gasteiger partial charge in [-0.2, -0.15) is 0 Å². The van der Waals surface area contributed by atoms with Gasteiger partial charge in [0, 0.05) is 0 Å². The van der Waals surface area contributed by atoms with E-state index in [-0.39, 0.29) is 22.7 Å². The maximum absolute atomic E-state index is 11.2. The van der Waals surface area contributed by atoms with Crippen molar-refractivity contribution < 1.29 is 20.4 Å². The summed E-state index contributed by atoms with van der Waals surface area (Å²) in [5.74, 6) is 2.98. The molecule has 33 heavy (non-hydrogen) atoms. The number of aliphatic hydroxyl groups excluding tert-OH is 4. The Kier molecular flexibility index (Phi) is 6.93. The number of aliphatic hydroxyl groups is 4. The molecule has 4 fully saturated rings. The Morgan fingerprint density at radius 2 is 1.52 bits per heavy atom. The van der Waals surface area contributed by atoms with Gasteiger partial charge < -0.3 is 20.4 Å². The van der Waals surface area contributed by atoms with Crippen LogP contribution in [0.4, 0.5) is 0 Å². The second-order valence-electron chi connectivity index (χ2n) is 13.5. The first-order valence-electron chi connectivity index (χ1n) is 13.7. The molecular weight excluding hydrogens is 412 g/mol. The van der Waals surface area contributed by atoms with E-state index < -0.39 is 24.4 Å². The molecule has 0 aromatic heterocycles. The third kappa shape index (κ3) is 3.96. The minimum absolute atomic E-state index is 0.0199. The van der Waals surface area contributed by atoms with E-state index in [0.29, 0.717) is 48.3 Å². The van der Waals surface area contributed by atoms with Gasteiger partial charge in [0.2, 0.25) is 0 Å². The summed E-state index contributed by atoms with van der Waals surface area (Å²) in [5, 5.41) is 43.0. The van der Waals surface area contributed by atoms with Crippen molar-refractivity contribution in [3.8, 4) is 0 Å². The summed E-state index contributed by atoms with van der Waals surface area (Å²) >= 11 is 0. The molecule has 4 saturated carbocycles. The number of rotatable bonds is 5. The van der Waals surface area contributed by atoms with Crippen molar-refractivity contribution in [1.82, 2.24) is 0 Å². The molecule has 4 aliphatic rings. The lowest BCUT2D eigenvalue weighted by Gasteiger charge is -2.62. The number of hydrogen-bond acceptors (Lipinski definition) is 4. The standard InChI is InChI=1S/C29H50O4/c1-15(2)17(4)26(32)27(33)18(5)20-8-9-21-19-12-16(3)23-13-24(30)25(31)14-29(23,7)22(19)10-11-28(20,21)6/h15,17-27,30-33H,3,8-14H2,1-2,4-7H3/t17-,18-,19-,20+,21-,22-,23+,24-,25+,26+,27+,28+,29+/m0/s1. The van der Waals surface area contributed by atoms with Gasteiger partial charge in [-0.25, -0.2) is 0 Å². The van der Waals surface area contributed by atoms with Gasteiger partial charge in [0.05, 0.1) is 24.4 Å². The van der Waals surface area contributed by atoms with E-state index >= 15 is 0 Å². The molecule has 0 bridgehead atoms. The molecule has 0 spiro atoms. The van der Waals surface area contributed by atoms with E-state index in [2.05, 4.69) is 48.1 Å². The first-order valence-corrected chi connectivity index (χ1v) is 13.7. The normalized spacial score (nSPS) is 49.1. The van der Waals surface area contributed by atoms with Crippen LogP contribution in [0, 0.1) is 58.2 Å². The summed E-state index contributed by atoms with van der Waals surface area (Å²) in [5.41, 5.74) is 1.48. The van der Waals surface area contributed by atoms with Gasteiger partial charge in [0.15, 0.2) is 0 Å². The average molecular weight is 463 g/mol. The zero-order valence-corrected chi connectivity index (χ0v) is 21.9. The summed E-state index contributed by atoms with van der Waals surface area (Å²) in [6.45, 7) is 17.8. The highest BCUT2D eigenvalue weighted by Gasteiger charge is 2.62. The molecule has 4 N–H and O–H groups in total. The highest BCUT2D eigenvalue weighted by atomic mass is 16.3. The Labute approximate surface area is 201 Å². The van der Waals surface area contributed by atoms with Crippen molar-refractivity contribution in [3.63, 3.8) is 0 Å². The Morgan fingerprint density at radius 3 is 2.15 bits per heavy atom. The molecule has 0 aromatic carbocycles. The largest absolute Gasteiger partial charge is 0.390 e. The molecule has 0 amide bonds. The zero-order valence-electron chi connectivity index (χ0n) is 21.9. The lowest BCUT2D eigenvalue weighted by atomic mass is 9.43. The minimum Gasteiger partial charge on any atom is -0.390 e. The molecule has 190 valence electrons. The smallest absolute Gasteiger partial charge is 0.0830 e. The van der Waals surface area contributed by atoms with Gasteiger partial charge in [-0.3, -0.25) is 0 Å². The summed E-state index contributed by atoms with van der Waals surface area (Å²) < 4.78 is 0. The number of fused-ring (bicyclic) bond motifs is 5. The van der Waals surface area contributed by atoms with Gasteiger partial charge in [0.25, 0.3) is 0 Å². The van der Waals surface area contributed by atoms with E-state index in [4.69, 9.17) is 0 Å². The monoisotopic (exact) mass is 462 g/mol. The Balaban J connectivity index is 1.56. The Hall–Kier alpha value is -0.420. The van der Waals surface area contributed by atoms with Gasteiger partial charge in [-0.15, -0.1) is 0 Å². The summed E-state index contributed by atoms with van der Waals surface area (Å²) in [7, 11) is 0. The van der Waals surface area contributed by atoms with Crippen LogP contribution in [0.25, 0.3) is 0 Å². The molecule has 4 nitrogen and oxygen atoms in total. The summed E-state index contributed by atoms with van der Waals surface area (Å²) in [6, 6.07) is 0. The van der Waals surface area contributed by atoms with Crippen LogP contribution in [0.1, 0.15) is 86.5 Å². The van der Waals surface area contributed by atoms with Crippen molar-refractivity contribution >= 4 is 0 Å². The van der Waals surface area contributed by atoms with Gasteiger partial charge in [-0.05, 0) is 103 Å². The van der Waals surface area contributed by atoms with E-state index in [9.17, 15) is 20.4 Å². The van der Waals surface area contributed by atoms with E-state index in [0.717, 1.165) is 25.7 Å². The lowest BCUT2D eigenvalue weighted by molar-refractivity contribution is -0.147. The van der Waals surface area contributed by atoms with Crippen molar-refractivity contribution in [1.29, 1.82) is 0 Å². The van der Waals surface area contributed by atoms with Gasteiger partial charge >= 0.3 is 0 Å². The highest BCUT2D eigenvalue weighted by molar-refractivity contribution is 5.21. The predicted molar refractivity (Wildman–Crippen MR) is 132 cm³/mol. The fourth-order valence-electron chi connectivity index (χ4n) is 9.43. The molecule has 0 aromatic rings. The van der Waals surface area contributed by atoms with Crippen molar-refractivity contribution in [2.24, 2.45) is 58.2 Å². The molecule has 13 atom stereocenters. The van der Waals surface area contributed by atoms with Crippen molar-refractivity contribution in [2.75, 3.05) is 0 Å². The Morgan fingerprint density at radius 1 is 0.879 bits per heavy atom. The number of allylic oxidation sites excluding steroid dienone is 1. The molecule has 0 unspecified atom stereocenters. The van der Waals surface area contributed by atoms with E-state index in [1.165, 1.54) is 12.0 Å². The second-order valence-corrected chi connectivity index (χ2v) is 13.5. The zero-order chi connectivity index (χ0) is 24.5. The fraction of sp³-hybridized carbons (Fsp3) is 0.931. The van der Waals surface area contributed by atoms with Crippen molar-refractivity contribution in [3.05, 3.63) is 12.2 Å². The highest BCUT2D eigenvalue weighted by Crippen LogP contribution is 2.69. The molecule has 4 rings (SSSR count). The average Bonchev–Trinajstić information content (AvgIpc) is 3.10. The molecule has 0 saturated heterocycles. The lowest BCUT2D eigenvalue weighted by Crippen LogP contribution is -2.57. The summed E-state index contributed by atoms with van der Waals surface area (Å²) in [6.07, 6.45) is 4.40. The van der Waals surface area contributed by atoms with Crippen LogP contribution < -0.4 is 0 Å². The van der Waals surface area contributed by atoms with Crippen LogP contribution in [0.15, 0.2) is 12.2 Å². The summed E-state index contributed by atoms with van der Waals surface area (Å²) in [4.78, 5) is 0. The maximum atomic E-state index is 11.2. The first-order chi connectivity index (χ1) is 15.3. The number of hydrogen-bond donors (Lipinski definition) is 4. The van der Waals surface area contributed by atoms with Gasteiger partial charge in [-0.1, -0.05) is 53.7 Å². The Bertz CT molecular complexity index is 735. The molecule has 0 heterocycles.